The van der Waals surface area contributed by atoms with Gasteiger partial charge in [0, 0.05) is 19.0 Å². The zero-order chi connectivity index (χ0) is 25.7. The smallest absolute Gasteiger partial charge is 0.245 e. The number of anilines is 1. The Bertz CT molecular complexity index is 1380. The van der Waals surface area contributed by atoms with Crippen molar-refractivity contribution in [1.29, 1.82) is 5.26 Å². The zero-order valence-electron chi connectivity index (χ0n) is 20.0. The molecule has 11 heteroatoms. The minimum atomic E-state index is -1.35. The van der Waals surface area contributed by atoms with Gasteiger partial charge < -0.3 is 14.2 Å². The average molecular weight is 490 g/mol. The number of hydrogen-bond acceptors (Lipinski definition) is 9. The largest absolute Gasteiger partial charge is 0.475 e. The number of amides is 1. The highest BCUT2D eigenvalue weighted by atomic mass is 19.1. The number of halogens is 1. The van der Waals surface area contributed by atoms with Crippen molar-refractivity contribution < 1.29 is 18.4 Å². The van der Waals surface area contributed by atoms with Crippen LogP contribution in [0.2, 0.25) is 0 Å². The van der Waals surface area contributed by atoms with Crippen molar-refractivity contribution in [2.45, 2.75) is 18.8 Å². The van der Waals surface area contributed by atoms with Crippen molar-refractivity contribution >= 4 is 17.4 Å². The second-order valence-corrected chi connectivity index (χ2v) is 8.42. The molecule has 0 saturated heterocycles. The van der Waals surface area contributed by atoms with Crippen LogP contribution >= 0.6 is 0 Å². The number of ether oxygens (including phenoxy) is 1. The van der Waals surface area contributed by atoms with E-state index in [1.165, 1.54) is 12.3 Å². The molecule has 1 N–H and O–H groups in total. The van der Waals surface area contributed by atoms with E-state index in [9.17, 15) is 14.4 Å². The molecule has 0 aliphatic heterocycles. The molecule has 2 aromatic heterocycles. The third-order valence-corrected chi connectivity index (χ3v) is 5.58. The van der Waals surface area contributed by atoms with E-state index in [-0.39, 0.29) is 35.5 Å². The lowest BCUT2D eigenvalue weighted by Crippen LogP contribution is -2.40. The summed E-state index contributed by atoms with van der Waals surface area (Å²) >= 11 is 0. The van der Waals surface area contributed by atoms with Gasteiger partial charge in [0.05, 0.1) is 6.20 Å². The maximum atomic E-state index is 14.3. The van der Waals surface area contributed by atoms with Gasteiger partial charge in [-0.05, 0) is 32.2 Å². The van der Waals surface area contributed by atoms with E-state index < -0.39 is 11.3 Å². The fourth-order valence-electron chi connectivity index (χ4n) is 3.60. The van der Waals surface area contributed by atoms with Crippen LogP contribution in [0.4, 0.5) is 10.3 Å². The first kappa shape index (κ1) is 24.7. The molecule has 1 atom stereocenters. The molecule has 184 valence electrons. The predicted molar refractivity (Wildman–Crippen MR) is 128 cm³/mol. The summed E-state index contributed by atoms with van der Waals surface area (Å²) in [5, 5.41) is 16.0. The molecule has 10 nitrogen and oxygen atoms in total. The van der Waals surface area contributed by atoms with Gasteiger partial charge in [-0.2, -0.15) is 15.2 Å². The van der Waals surface area contributed by atoms with Crippen LogP contribution in [0.15, 0.2) is 53.2 Å². The normalized spacial score (nSPS) is 16.9. The summed E-state index contributed by atoms with van der Waals surface area (Å²) in [7, 11) is 3.78. The number of hydrogen-bond donors (Lipinski definition) is 1. The van der Waals surface area contributed by atoms with Crippen molar-refractivity contribution in [1.82, 2.24) is 25.0 Å². The van der Waals surface area contributed by atoms with Crippen LogP contribution in [0, 0.1) is 24.1 Å². The molecule has 2 heterocycles. The average Bonchev–Trinajstić information content (AvgIpc) is 3.31. The van der Waals surface area contributed by atoms with Crippen LogP contribution < -0.4 is 10.1 Å². The monoisotopic (exact) mass is 489 g/mol. The third-order valence-electron chi connectivity index (χ3n) is 5.58. The molecule has 1 aliphatic rings. The molecule has 0 saturated carbocycles. The molecule has 1 unspecified atom stereocenters. The summed E-state index contributed by atoms with van der Waals surface area (Å²) in [5.74, 6) is -0.430. The number of aryl methyl sites for hydroxylation is 1. The van der Waals surface area contributed by atoms with Crippen LogP contribution in [0.1, 0.15) is 29.3 Å². The predicted octanol–water partition coefficient (Wildman–Crippen LogP) is 3.04. The summed E-state index contributed by atoms with van der Waals surface area (Å²) in [4.78, 5) is 28.1. The highest BCUT2D eigenvalue weighted by Gasteiger charge is 2.43. The van der Waals surface area contributed by atoms with Crippen molar-refractivity contribution in [3.63, 3.8) is 0 Å². The molecule has 36 heavy (non-hydrogen) atoms. The SMILES string of the molecule is Cc1nc(C2(C(=O)Nc3ncc(C#N)c(OCCN(C)C)n3)C=CC(c3ccccc3F)=CC2)no1. The number of nitrogens with one attached hydrogen (secondary N) is 1. The summed E-state index contributed by atoms with van der Waals surface area (Å²) in [6.45, 7) is 2.53. The van der Waals surface area contributed by atoms with Crippen LogP contribution in [-0.4, -0.2) is 58.2 Å². The van der Waals surface area contributed by atoms with E-state index in [2.05, 4.69) is 25.4 Å². The summed E-state index contributed by atoms with van der Waals surface area (Å²) in [5.41, 5.74) is -0.161. The van der Waals surface area contributed by atoms with Gasteiger partial charge in [-0.3, -0.25) is 10.1 Å². The third kappa shape index (κ3) is 5.13. The minimum Gasteiger partial charge on any atom is -0.475 e. The van der Waals surface area contributed by atoms with Gasteiger partial charge in [0.15, 0.2) is 5.82 Å². The van der Waals surface area contributed by atoms with Gasteiger partial charge in [0.25, 0.3) is 0 Å². The second kappa shape index (κ2) is 10.5. The second-order valence-electron chi connectivity index (χ2n) is 8.42. The van der Waals surface area contributed by atoms with Gasteiger partial charge in [0.1, 0.15) is 29.5 Å². The Labute approximate surface area is 207 Å². The topological polar surface area (TPSA) is 130 Å². The number of rotatable bonds is 8. The number of nitriles is 1. The molecule has 0 bridgehead atoms. The minimum absolute atomic E-state index is 0.0456. The lowest BCUT2D eigenvalue weighted by molar-refractivity contribution is -0.120. The molecule has 1 amide bonds. The number of aromatic nitrogens is 4. The van der Waals surface area contributed by atoms with Crippen LogP contribution in [-0.2, 0) is 10.2 Å². The van der Waals surface area contributed by atoms with E-state index in [1.54, 1.807) is 43.4 Å². The zero-order valence-corrected chi connectivity index (χ0v) is 20.0. The van der Waals surface area contributed by atoms with E-state index in [1.807, 2.05) is 25.1 Å². The van der Waals surface area contributed by atoms with Crippen molar-refractivity contribution in [2.24, 2.45) is 0 Å². The van der Waals surface area contributed by atoms with Crippen LogP contribution in [0.5, 0.6) is 5.88 Å². The number of nitrogens with zero attached hydrogens (tertiary/aromatic N) is 6. The molecule has 1 aliphatic carbocycles. The first-order valence-electron chi connectivity index (χ1n) is 11.1. The molecule has 0 spiro atoms. The number of benzene rings is 1. The quantitative estimate of drug-likeness (QED) is 0.507. The Morgan fingerprint density at radius 3 is 2.78 bits per heavy atom. The molecule has 0 fully saturated rings. The van der Waals surface area contributed by atoms with Gasteiger partial charge in [-0.25, -0.2) is 9.37 Å². The van der Waals surface area contributed by atoms with Gasteiger partial charge in [-0.15, -0.1) is 0 Å². The maximum Gasteiger partial charge on any atom is 0.245 e. The molecule has 1 aromatic carbocycles. The summed E-state index contributed by atoms with van der Waals surface area (Å²) < 4.78 is 25.1. The Hall–Kier alpha value is -4.43. The van der Waals surface area contributed by atoms with Crippen molar-refractivity contribution in [2.75, 3.05) is 32.6 Å². The number of carbonyl (C=O) groups excluding carboxylic acids is 1. The Kier molecular flexibility index (Phi) is 7.17. The highest BCUT2D eigenvalue weighted by Crippen LogP contribution is 2.36. The molecular formula is C25H24FN7O3. The number of carbonyl (C=O) groups is 1. The lowest BCUT2D eigenvalue weighted by atomic mass is 9.77. The highest BCUT2D eigenvalue weighted by molar-refractivity contribution is 6.00. The van der Waals surface area contributed by atoms with Gasteiger partial charge in [0.2, 0.25) is 23.6 Å². The van der Waals surface area contributed by atoms with Crippen LogP contribution in [0.3, 0.4) is 0 Å². The first-order chi connectivity index (χ1) is 17.3. The van der Waals surface area contributed by atoms with E-state index in [0.717, 1.165) is 0 Å². The lowest BCUT2D eigenvalue weighted by Gasteiger charge is -2.27. The first-order valence-corrected chi connectivity index (χ1v) is 11.1. The van der Waals surface area contributed by atoms with E-state index >= 15 is 0 Å². The standard InChI is InChI=1S/C25H24FN7O3/c1-16-29-22(32-36-16)25(10-8-17(9-11-25)19-6-4-5-7-20(19)26)23(34)31-24-28-15-18(14-27)21(30-24)35-13-12-33(2)3/h4-10,15H,11-13H2,1-3H3,(H,28,30,31,34). The maximum absolute atomic E-state index is 14.3. The molecular weight excluding hydrogens is 465 g/mol. The number of likely N-dealkylation sites (N-methyl/N-ethyl adjacent to an activating group) is 1. The Balaban J connectivity index is 1.62. The van der Waals surface area contributed by atoms with Crippen molar-refractivity contribution in [3.8, 4) is 11.9 Å². The Morgan fingerprint density at radius 1 is 1.33 bits per heavy atom. The molecule has 4 rings (SSSR count). The molecule has 0 radical (unpaired) electrons. The fourth-order valence-corrected chi connectivity index (χ4v) is 3.60. The molecule has 3 aromatic rings. The van der Waals surface area contributed by atoms with E-state index in [4.69, 9.17) is 9.26 Å². The Morgan fingerprint density at radius 2 is 2.14 bits per heavy atom. The van der Waals surface area contributed by atoms with Gasteiger partial charge in [-0.1, -0.05) is 41.6 Å². The summed E-state index contributed by atoms with van der Waals surface area (Å²) in [6.07, 6.45) is 6.44. The van der Waals surface area contributed by atoms with Crippen molar-refractivity contribution in [3.05, 3.63) is 77.3 Å². The fraction of sp³-hybridized carbons (Fsp3) is 0.280. The number of allylic oxidation sites excluding steroid dienone is 3. The van der Waals surface area contributed by atoms with Crippen LogP contribution in [0.25, 0.3) is 5.57 Å². The van der Waals surface area contributed by atoms with Gasteiger partial charge >= 0.3 is 0 Å². The summed E-state index contributed by atoms with van der Waals surface area (Å²) in [6, 6.07) is 8.38. The van der Waals surface area contributed by atoms with E-state index in [0.29, 0.717) is 30.2 Å².